The molecule has 0 aromatic rings. The van der Waals surface area contributed by atoms with E-state index >= 15 is 0 Å². The van der Waals surface area contributed by atoms with Crippen molar-refractivity contribution in [2.45, 2.75) is 78.2 Å². The van der Waals surface area contributed by atoms with Crippen molar-refractivity contribution in [3.63, 3.8) is 0 Å². The minimum absolute atomic E-state index is 0. The molecule has 0 fully saturated rings. The van der Waals surface area contributed by atoms with Crippen LogP contribution in [0.4, 0.5) is 0 Å². The largest absolute Gasteiger partial charge is 2.00 e. The van der Waals surface area contributed by atoms with Crippen molar-refractivity contribution in [1.29, 1.82) is 0 Å². The number of aliphatic hydroxyl groups excluding tert-OH is 6. The summed E-state index contributed by atoms with van der Waals surface area (Å²) >= 11 is 0. The molecular weight excluding hydrogens is 636 g/mol. The molecule has 0 bridgehead atoms. The van der Waals surface area contributed by atoms with Gasteiger partial charge < -0.3 is 90.0 Å². The molecule has 6 atom stereocenters. The van der Waals surface area contributed by atoms with E-state index in [0.717, 1.165) is 41.5 Å². The second-order valence-electron chi connectivity index (χ2n) is 5.97. The first-order chi connectivity index (χ1) is 15.9. The Bertz CT molecular complexity index is 507. The Morgan fingerprint density at radius 2 is 0.366 bits per heavy atom. The van der Waals surface area contributed by atoms with Crippen molar-refractivity contribution in [2.75, 3.05) is 0 Å². The van der Waals surface area contributed by atoms with E-state index in [0.29, 0.717) is 0 Å². The Kier molecular flexibility index (Phi) is 87.9. The third-order valence-electron chi connectivity index (χ3n) is 2.05. The summed E-state index contributed by atoms with van der Waals surface area (Å²) in [6.07, 6.45) is -8.06. The zero-order valence-electron chi connectivity index (χ0n) is 24.8. The number of hydrogen-bond acceptors (Lipinski definition) is 18. The first-order valence-electron chi connectivity index (χ1n) is 9.19. The van der Waals surface area contributed by atoms with E-state index in [-0.39, 0.29) is 156 Å². The minimum atomic E-state index is -1.44. The monoisotopic (exact) mass is 666 g/mol. The normalized spacial score (nSPS) is 12.0. The fourth-order valence-electron chi connectivity index (χ4n) is 0. The maximum absolute atomic E-state index is 9.34. The molecular formula is C18H30CaNa4O18. The number of rotatable bonds is 6. The van der Waals surface area contributed by atoms with Crippen LogP contribution >= 0.6 is 0 Å². The summed E-state index contributed by atoms with van der Waals surface area (Å²) in [7, 11) is 0. The van der Waals surface area contributed by atoms with E-state index in [2.05, 4.69) is 0 Å². The molecule has 0 radical (unpaired) electrons. The Morgan fingerprint density at radius 3 is 0.366 bits per heavy atom. The van der Waals surface area contributed by atoms with E-state index in [1.165, 1.54) is 0 Å². The van der Waals surface area contributed by atoms with Crippen LogP contribution in [0.2, 0.25) is 0 Å². The fraction of sp³-hybridized carbons (Fsp3) is 0.667. The molecule has 0 saturated heterocycles. The molecule has 216 valence electrons. The maximum atomic E-state index is 9.34. The smallest absolute Gasteiger partial charge is 0.547 e. The van der Waals surface area contributed by atoms with E-state index in [9.17, 15) is 59.4 Å². The van der Waals surface area contributed by atoms with E-state index in [4.69, 9.17) is 30.6 Å². The minimum Gasteiger partial charge on any atom is -0.547 e. The molecule has 41 heavy (non-hydrogen) atoms. The molecule has 0 heterocycles. The maximum Gasteiger partial charge on any atom is 2.00 e. The van der Waals surface area contributed by atoms with E-state index in [1.54, 1.807) is 0 Å². The van der Waals surface area contributed by atoms with Crippen LogP contribution in [0.5, 0.6) is 0 Å². The number of carbonyl (C=O) groups is 6. The molecule has 6 N–H and O–H groups in total. The standard InChI is InChI=1S/6C3H6O3.Ca.4Na/c6*1-2(4)3(5)6;;;;;/h6*2,4H,1H3,(H,5,6);;;;;/q;;;;;;+2;4*+1/p-6. The predicted octanol–water partition coefficient (Wildman–Crippen LogP) is -23.7. The third-order valence-corrected chi connectivity index (χ3v) is 2.05. The third kappa shape index (κ3) is 99.5. The van der Waals surface area contributed by atoms with Gasteiger partial charge in [0.25, 0.3) is 0 Å². The van der Waals surface area contributed by atoms with Gasteiger partial charge in [-0.05, 0) is 41.5 Å². The molecule has 0 aliphatic rings. The van der Waals surface area contributed by atoms with Crippen molar-refractivity contribution in [3.8, 4) is 0 Å². The Balaban J connectivity index is -0.0000000286. The van der Waals surface area contributed by atoms with Crippen LogP contribution in [-0.4, -0.2) is 141 Å². The van der Waals surface area contributed by atoms with Crippen LogP contribution in [0.25, 0.3) is 0 Å². The van der Waals surface area contributed by atoms with Crippen molar-refractivity contribution < 1.29 is 208 Å². The fourth-order valence-corrected chi connectivity index (χ4v) is 0. The van der Waals surface area contributed by atoms with Gasteiger partial charge in [0.1, 0.15) is 0 Å². The van der Waals surface area contributed by atoms with Gasteiger partial charge in [0, 0.05) is 0 Å². The summed E-state index contributed by atoms with van der Waals surface area (Å²) in [4.78, 5) is 56.0. The van der Waals surface area contributed by atoms with Gasteiger partial charge in [-0.1, -0.05) is 0 Å². The van der Waals surface area contributed by atoms with Gasteiger partial charge in [0.15, 0.2) is 0 Å². The molecule has 0 saturated carbocycles. The second-order valence-corrected chi connectivity index (χ2v) is 5.97. The van der Waals surface area contributed by atoms with Gasteiger partial charge in [-0.2, -0.15) is 0 Å². The number of carboxylic acid groups (broad SMARTS) is 6. The molecule has 0 amide bonds. The van der Waals surface area contributed by atoms with E-state index < -0.39 is 72.4 Å². The van der Waals surface area contributed by atoms with Crippen molar-refractivity contribution in [3.05, 3.63) is 0 Å². The molecule has 0 aromatic carbocycles. The number of hydrogen-bond donors (Lipinski definition) is 6. The summed E-state index contributed by atoms with van der Waals surface area (Å²) in [6.45, 7) is 6.81. The quantitative estimate of drug-likeness (QED) is 0.143. The summed E-state index contributed by atoms with van der Waals surface area (Å²) in [5, 5.41) is 104. The average molecular weight is 666 g/mol. The Morgan fingerprint density at radius 1 is 0.341 bits per heavy atom. The van der Waals surface area contributed by atoms with Crippen LogP contribution < -0.4 is 149 Å². The Hall–Kier alpha value is 1.84. The zero-order valence-corrected chi connectivity index (χ0v) is 35.0. The number of aliphatic carboxylic acids is 6. The number of aliphatic hydroxyl groups is 6. The molecule has 0 aromatic heterocycles. The van der Waals surface area contributed by atoms with E-state index in [1.807, 2.05) is 0 Å². The summed E-state index contributed by atoms with van der Waals surface area (Å²) in [5.41, 5.74) is 0. The van der Waals surface area contributed by atoms with Gasteiger partial charge in [-0.25, -0.2) is 0 Å². The van der Waals surface area contributed by atoms with Crippen molar-refractivity contribution in [1.82, 2.24) is 0 Å². The number of carbonyl (C=O) groups excluding carboxylic acids is 6. The Labute approximate surface area is 354 Å². The van der Waals surface area contributed by atoms with Crippen LogP contribution in [0, 0.1) is 0 Å². The SMILES string of the molecule is CC(O)C(=O)[O-].CC(O)C(=O)[O-].CC(O)C(=O)[O-].CC(O)C(=O)[O-].CC(O)C(=O)[O-].CC(O)C(=O)[O-].[Ca+2].[Na+].[Na+].[Na+].[Na+]. The molecule has 6 unspecified atom stereocenters. The average Bonchev–Trinajstić information content (AvgIpc) is 2.69. The molecule has 0 spiro atoms. The molecule has 0 aliphatic heterocycles. The summed E-state index contributed by atoms with van der Waals surface area (Å²) < 4.78 is 0. The zero-order chi connectivity index (χ0) is 30.9. The molecule has 0 rings (SSSR count). The summed E-state index contributed by atoms with van der Waals surface area (Å²) in [5.74, 6) is -8.61. The van der Waals surface area contributed by atoms with Gasteiger partial charge in [0.05, 0.1) is 72.4 Å². The molecule has 23 heteroatoms. The second kappa shape index (κ2) is 48.7. The van der Waals surface area contributed by atoms with Crippen molar-refractivity contribution in [2.24, 2.45) is 0 Å². The first-order valence-corrected chi connectivity index (χ1v) is 9.19. The van der Waals surface area contributed by atoms with Crippen LogP contribution in [-0.2, 0) is 28.8 Å². The van der Waals surface area contributed by atoms with Gasteiger partial charge in [-0.15, -0.1) is 0 Å². The van der Waals surface area contributed by atoms with Crippen LogP contribution in [0.1, 0.15) is 41.5 Å². The van der Waals surface area contributed by atoms with Crippen molar-refractivity contribution >= 4 is 73.6 Å². The molecule has 0 aliphatic carbocycles. The topological polar surface area (TPSA) is 362 Å². The first kappa shape index (κ1) is 74.0. The predicted molar refractivity (Wildman–Crippen MR) is 106 cm³/mol. The van der Waals surface area contributed by atoms with Crippen LogP contribution in [0.3, 0.4) is 0 Å². The number of carboxylic acids is 6. The summed E-state index contributed by atoms with van der Waals surface area (Å²) in [6, 6.07) is 0. The van der Waals surface area contributed by atoms with Gasteiger partial charge in [-0.3, -0.25) is 0 Å². The van der Waals surface area contributed by atoms with Gasteiger partial charge in [0.2, 0.25) is 0 Å². The van der Waals surface area contributed by atoms with Crippen LogP contribution in [0.15, 0.2) is 0 Å². The van der Waals surface area contributed by atoms with Gasteiger partial charge >= 0.3 is 156 Å². The molecule has 18 nitrogen and oxygen atoms in total.